The average molecular weight is 409 g/mol. The first-order chi connectivity index (χ1) is 12.4. The number of hydrogen-bond donors (Lipinski definition) is 3. The molecule has 0 spiro atoms. The summed E-state index contributed by atoms with van der Waals surface area (Å²) in [7, 11) is 0. The molecule has 2 aromatic rings. The number of ether oxygens (including phenoxy) is 1. The summed E-state index contributed by atoms with van der Waals surface area (Å²) in [6.45, 7) is 0.461. The van der Waals surface area contributed by atoms with Crippen LogP contribution in [0.3, 0.4) is 0 Å². The Morgan fingerprint density at radius 3 is 2.63 bits per heavy atom. The molecule has 0 saturated carbocycles. The van der Waals surface area contributed by atoms with E-state index in [0.717, 1.165) is 32.0 Å². The van der Waals surface area contributed by atoms with Crippen molar-refractivity contribution < 1.29 is 22.3 Å². The fourth-order valence-electron chi connectivity index (χ4n) is 3.09. The Kier molecular flexibility index (Phi) is 7.14. The number of piperidine rings is 1. The van der Waals surface area contributed by atoms with Gasteiger partial charge in [-0.25, -0.2) is 14.3 Å². The summed E-state index contributed by atoms with van der Waals surface area (Å²) in [5.41, 5.74) is 0.180. The van der Waals surface area contributed by atoms with E-state index in [1.54, 1.807) is 0 Å². The van der Waals surface area contributed by atoms with Crippen LogP contribution in [-0.4, -0.2) is 35.9 Å². The number of anilines is 1. The molecule has 1 saturated heterocycles. The third-order valence-electron chi connectivity index (χ3n) is 4.41. The van der Waals surface area contributed by atoms with Gasteiger partial charge in [-0.05, 0) is 50.9 Å². The smallest absolute Gasteiger partial charge is 0.429 e. The normalized spacial score (nSPS) is 16.0. The second-order valence-corrected chi connectivity index (χ2v) is 6.15. The monoisotopic (exact) mass is 408 g/mol. The van der Waals surface area contributed by atoms with Gasteiger partial charge in [-0.15, -0.1) is 17.5 Å². The second-order valence-electron chi connectivity index (χ2n) is 6.15. The molecule has 3 N–H and O–H groups in total. The minimum Gasteiger partial charge on any atom is -0.429 e. The van der Waals surface area contributed by atoms with E-state index in [9.17, 15) is 18.0 Å². The molecule has 1 aromatic carbocycles. The molecule has 0 amide bonds. The molecule has 2 heterocycles. The highest BCUT2D eigenvalue weighted by molar-refractivity contribution is 5.85. The zero-order chi connectivity index (χ0) is 18.7. The third-order valence-corrected chi connectivity index (χ3v) is 4.41. The molecule has 1 aliphatic heterocycles. The van der Waals surface area contributed by atoms with Crippen molar-refractivity contribution in [3.63, 3.8) is 0 Å². The second kappa shape index (κ2) is 9.14. The van der Waals surface area contributed by atoms with Gasteiger partial charge in [-0.1, -0.05) is 0 Å². The largest absolute Gasteiger partial charge is 0.434 e. The lowest BCUT2D eigenvalue weighted by atomic mass is 9.91. The Hall–Kier alpha value is -2.20. The molecule has 0 bridgehead atoms. The number of H-pyrrole nitrogens is 1. The van der Waals surface area contributed by atoms with E-state index < -0.39 is 23.9 Å². The van der Waals surface area contributed by atoms with E-state index in [0.29, 0.717) is 5.92 Å². The number of rotatable bonds is 6. The molecule has 1 atom stereocenters. The molecule has 27 heavy (non-hydrogen) atoms. The third kappa shape index (κ3) is 5.16. The number of halogens is 4. The summed E-state index contributed by atoms with van der Waals surface area (Å²) < 4.78 is 48.9. The molecular weight excluding hydrogens is 389 g/mol. The first-order valence-corrected chi connectivity index (χ1v) is 8.25. The predicted molar refractivity (Wildman–Crippen MR) is 95.1 cm³/mol. The van der Waals surface area contributed by atoms with Gasteiger partial charge in [0.05, 0.1) is 5.69 Å². The van der Waals surface area contributed by atoms with Crippen LogP contribution in [0.2, 0.25) is 0 Å². The van der Waals surface area contributed by atoms with Crippen LogP contribution in [0.15, 0.2) is 21.3 Å². The molecule has 3 rings (SSSR count). The van der Waals surface area contributed by atoms with Crippen molar-refractivity contribution in [1.29, 1.82) is 0 Å². The van der Waals surface area contributed by atoms with Gasteiger partial charge in [0.25, 0.3) is 0 Å². The summed E-state index contributed by atoms with van der Waals surface area (Å²) in [6.07, 6.45) is 1.82. The van der Waals surface area contributed by atoms with Crippen molar-refractivity contribution in [1.82, 2.24) is 15.5 Å². The molecular formula is C16H20ClF3N4O3. The van der Waals surface area contributed by atoms with Crippen LogP contribution in [0, 0.1) is 11.7 Å². The quantitative estimate of drug-likeness (QED) is 0.680. The lowest BCUT2D eigenvalue weighted by Gasteiger charge is -2.30. The molecule has 0 radical (unpaired) electrons. The van der Waals surface area contributed by atoms with Crippen LogP contribution < -0.4 is 21.1 Å². The molecule has 7 nitrogen and oxygen atoms in total. The van der Waals surface area contributed by atoms with Gasteiger partial charge in [0.15, 0.2) is 11.6 Å². The first-order valence-electron chi connectivity index (χ1n) is 8.25. The summed E-state index contributed by atoms with van der Waals surface area (Å²) in [6, 6.07) is 2.20. The van der Waals surface area contributed by atoms with Crippen LogP contribution in [0.1, 0.15) is 19.8 Å². The molecule has 0 aliphatic carbocycles. The minimum absolute atomic E-state index is 0. The van der Waals surface area contributed by atoms with Crippen molar-refractivity contribution >= 4 is 18.1 Å². The topological polar surface area (TPSA) is 92.2 Å². The van der Waals surface area contributed by atoms with Gasteiger partial charge in [0.1, 0.15) is 0 Å². The van der Waals surface area contributed by atoms with E-state index in [4.69, 9.17) is 4.42 Å². The van der Waals surface area contributed by atoms with Crippen LogP contribution in [0.25, 0.3) is 11.5 Å². The Morgan fingerprint density at radius 1 is 1.33 bits per heavy atom. The fraction of sp³-hybridized carbons (Fsp3) is 0.500. The lowest BCUT2D eigenvalue weighted by Crippen LogP contribution is -2.36. The summed E-state index contributed by atoms with van der Waals surface area (Å²) in [5, 5.41) is 12.0. The number of aromatic nitrogens is 2. The zero-order valence-corrected chi connectivity index (χ0v) is 15.2. The van der Waals surface area contributed by atoms with Crippen LogP contribution in [-0.2, 0) is 0 Å². The Balaban J connectivity index is 0.00000261. The first kappa shape index (κ1) is 21.1. The van der Waals surface area contributed by atoms with E-state index >= 15 is 0 Å². The fourth-order valence-corrected chi connectivity index (χ4v) is 3.09. The van der Waals surface area contributed by atoms with Crippen molar-refractivity contribution in [2.75, 3.05) is 18.4 Å². The molecule has 0 unspecified atom stereocenters. The van der Waals surface area contributed by atoms with Crippen molar-refractivity contribution in [2.45, 2.75) is 32.4 Å². The number of hydrogen-bond acceptors (Lipinski definition) is 6. The highest BCUT2D eigenvalue weighted by atomic mass is 35.5. The lowest BCUT2D eigenvalue weighted by molar-refractivity contribution is -0.0517. The van der Waals surface area contributed by atoms with Gasteiger partial charge in [-0.2, -0.15) is 8.78 Å². The highest BCUT2D eigenvalue weighted by Gasteiger charge is 2.24. The zero-order valence-electron chi connectivity index (χ0n) is 14.4. The van der Waals surface area contributed by atoms with Crippen LogP contribution in [0.5, 0.6) is 5.75 Å². The van der Waals surface area contributed by atoms with Gasteiger partial charge in [0.2, 0.25) is 5.89 Å². The van der Waals surface area contributed by atoms with E-state index in [1.807, 2.05) is 6.92 Å². The van der Waals surface area contributed by atoms with Gasteiger partial charge >= 0.3 is 12.4 Å². The predicted octanol–water partition coefficient (Wildman–Crippen LogP) is 2.99. The Labute approximate surface area is 159 Å². The molecule has 1 fully saturated rings. The molecule has 150 valence electrons. The maximum absolute atomic E-state index is 14.4. The van der Waals surface area contributed by atoms with Gasteiger partial charge in [0, 0.05) is 11.6 Å². The van der Waals surface area contributed by atoms with E-state index in [-0.39, 0.29) is 35.6 Å². The van der Waals surface area contributed by atoms with Gasteiger partial charge in [-0.3, -0.25) is 0 Å². The minimum atomic E-state index is -3.17. The Morgan fingerprint density at radius 2 is 2.04 bits per heavy atom. The van der Waals surface area contributed by atoms with Gasteiger partial charge < -0.3 is 19.8 Å². The van der Waals surface area contributed by atoms with Crippen LogP contribution >= 0.6 is 12.4 Å². The summed E-state index contributed by atoms with van der Waals surface area (Å²) in [5.74, 6) is -2.23. The SMILES string of the molecule is C[C@H](Nc1cc(-c2n[nH]c(=O)o2)cc(F)c1OC(F)F)C1CCNCC1.Cl. The van der Waals surface area contributed by atoms with Crippen molar-refractivity contribution in [2.24, 2.45) is 5.92 Å². The molecule has 1 aromatic heterocycles. The molecule has 11 heteroatoms. The number of nitrogens with zero attached hydrogens (tertiary/aromatic N) is 1. The highest BCUT2D eigenvalue weighted by Crippen LogP contribution is 2.35. The standard InChI is InChI=1S/C16H19F3N4O3.ClH/c1-8(9-2-4-20-5-3-9)21-12-7-10(14-22-23-16(24)26-14)6-11(17)13(12)25-15(18)19;/h6-9,15,20-21H,2-5H2,1H3,(H,23,24);1H/t8-;/m0./s1. The molecule has 1 aliphatic rings. The number of benzene rings is 1. The summed E-state index contributed by atoms with van der Waals surface area (Å²) >= 11 is 0. The van der Waals surface area contributed by atoms with Crippen molar-refractivity contribution in [3.05, 3.63) is 28.5 Å². The van der Waals surface area contributed by atoms with E-state index in [2.05, 4.69) is 25.6 Å². The number of nitrogens with one attached hydrogen (secondary N) is 3. The van der Waals surface area contributed by atoms with Crippen LogP contribution in [0.4, 0.5) is 18.9 Å². The number of aromatic amines is 1. The maximum Gasteiger partial charge on any atom is 0.434 e. The Bertz CT molecular complexity index is 808. The van der Waals surface area contributed by atoms with Crippen molar-refractivity contribution in [3.8, 4) is 17.2 Å². The number of alkyl halides is 2. The van der Waals surface area contributed by atoms with E-state index in [1.165, 1.54) is 6.07 Å². The maximum atomic E-state index is 14.4. The average Bonchev–Trinajstić information content (AvgIpc) is 3.04. The summed E-state index contributed by atoms with van der Waals surface area (Å²) in [4.78, 5) is 11.1.